The van der Waals surface area contributed by atoms with Crippen molar-refractivity contribution in [3.05, 3.63) is 17.5 Å². The van der Waals surface area contributed by atoms with Gasteiger partial charge in [-0.25, -0.2) is 0 Å². The van der Waals surface area contributed by atoms with Crippen LogP contribution in [0.25, 0.3) is 0 Å². The van der Waals surface area contributed by atoms with Gasteiger partial charge in [-0.2, -0.15) is 13.6 Å². The second kappa shape index (κ2) is 2.57. The molecule has 0 aromatic carbocycles. The van der Waals surface area contributed by atoms with Crippen LogP contribution in [-0.4, -0.2) is 8.42 Å². The normalized spacial score (nSPS) is 11.3. The smallest absolute Gasteiger partial charge is 0.360 e. The minimum absolute atomic E-state index is 0.280. The van der Waals surface area contributed by atoms with Crippen LogP contribution in [0, 0.1) is 0 Å². The molecular formula is C4H5NO3S2. The monoisotopic (exact) mass is 179 g/mol. The van der Waals surface area contributed by atoms with Crippen molar-refractivity contribution < 1.29 is 12.6 Å². The first-order valence-corrected chi connectivity index (χ1v) is 4.69. The Morgan fingerprint density at radius 3 is 2.70 bits per heavy atom. The highest BCUT2D eigenvalue weighted by molar-refractivity contribution is 7.84. The summed E-state index contributed by atoms with van der Waals surface area (Å²) >= 11 is 1.17. The second-order valence-electron chi connectivity index (χ2n) is 1.51. The van der Waals surface area contributed by atoms with E-state index in [9.17, 15) is 8.42 Å². The zero-order chi connectivity index (χ0) is 7.61. The fourth-order valence-electron chi connectivity index (χ4n) is 0.425. The average molecular weight is 179 g/mol. The molecule has 0 atom stereocenters. The standard InChI is InChI=1S/C4H5NO3S2/c5-10(6,7)8-4-2-1-3-9-4/h1-3H,(H2,5,6,7). The summed E-state index contributed by atoms with van der Waals surface area (Å²) in [5.74, 6) is 0. The quantitative estimate of drug-likeness (QED) is 0.711. The van der Waals surface area contributed by atoms with Crippen molar-refractivity contribution in [2.24, 2.45) is 5.14 Å². The van der Waals surface area contributed by atoms with Crippen LogP contribution >= 0.6 is 11.3 Å². The molecule has 0 fully saturated rings. The van der Waals surface area contributed by atoms with Crippen LogP contribution in [-0.2, 0) is 10.3 Å². The summed E-state index contributed by atoms with van der Waals surface area (Å²) in [5, 5.41) is 6.56. The van der Waals surface area contributed by atoms with Crippen molar-refractivity contribution in [1.29, 1.82) is 0 Å². The molecule has 2 N–H and O–H groups in total. The molecule has 0 unspecified atom stereocenters. The topological polar surface area (TPSA) is 69.4 Å². The van der Waals surface area contributed by atoms with Gasteiger partial charge in [0.15, 0.2) is 5.06 Å². The lowest BCUT2D eigenvalue weighted by Crippen LogP contribution is -2.18. The van der Waals surface area contributed by atoms with E-state index in [4.69, 9.17) is 0 Å². The Labute approximate surface area is 62.5 Å². The molecule has 0 aliphatic heterocycles. The second-order valence-corrected chi connectivity index (χ2v) is 3.57. The van der Waals surface area contributed by atoms with Gasteiger partial charge in [0.05, 0.1) is 0 Å². The Morgan fingerprint density at radius 1 is 1.60 bits per heavy atom. The van der Waals surface area contributed by atoms with Crippen LogP contribution in [0.5, 0.6) is 5.06 Å². The van der Waals surface area contributed by atoms with Gasteiger partial charge in [-0.05, 0) is 17.5 Å². The third kappa shape index (κ3) is 2.34. The van der Waals surface area contributed by atoms with Gasteiger partial charge in [-0.1, -0.05) is 0 Å². The molecular weight excluding hydrogens is 174 g/mol. The third-order valence-electron chi connectivity index (χ3n) is 0.693. The highest BCUT2D eigenvalue weighted by Gasteiger charge is 2.03. The van der Waals surface area contributed by atoms with E-state index in [0.29, 0.717) is 0 Å². The molecule has 4 nitrogen and oxygen atoms in total. The fourth-order valence-corrected chi connectivity index (χ4v) is 1.60. The van der Waals surface area contributed by atoms with E-state index < -0.39 is 10.3 Å². The number of hydrogen-bond acceptors (Lipinski definition) is 4. The van der Waals surface area contributed by atoms with E-state index in [1.807, 2.05) is 0 Å². The summed E-state index contributed by atoms with van der Waals surface area (Å²) in [7, 11) is -3.84. The molecule has 0 aliphatic rings. The van der Waals surface area contributed by atoms with Crippen molar-refractivity contribution in [3.63, 3.8) is 0 Å². The maximum absolute atomic E-state index is 10.3. The van der Waals surface area contributed by atoms with E-state index in [-0.39, 0.29) is 5.06 Å². The van der Waals surface area contributed by atoms with E-state index >= 15 is 0 Å². The van der Waals surface area contributed by atoms with E-state index in [2.05, 4.69) is 9.32 Å². The van der Waals surface area contributed by atoms with Crippen molar-refractivity contribution in [2.75, 3.05) is 0 Å². The predicted octanol–water partition coefficient (Wildman–Crippen LogP) is 0.330. The molecule has 56 valence electrons. The largest absolute Gasteiger partial charge is 0.380 e. The van der Waals surface area contributed by atoms with Crippen molar-refractivity contribution in [2.45, 2.75) is 0 Å². The van der Waals surface area contributed by atoms with E-state index in [0.717, 1.165) is 0 Å². The fraction of sp³-hybridized carbons (Fsp3) is 0. The summed E-state index contributed by atoms with van der Waals surface area (Å²) in [6.07, 6.45) is 0. The van der Waals surface area contributed by atoms with Crippen LogP contribution in [0.4, 0.5) is 0 Å². The average Bonchev–Trinajstić information content (AvgIpc) is 2.12. The Kier molecular flexibility index (Phi) is 1.93. The van der Waals surface area contributed by atoms with Gasteiger partial charge < -0.3 is 4.18 Å². The van der Waals surface area contributed by atoms with Crippen molar-refractivity contribution >= 4 is 21.6 Å². The van der Waals surface area contributed by atoms with Crippen molar-refractivity contribution in [1.82, 2.24) is 0 Å². The van der Waals surface area contributed by atoms with Gasteiger partial charge in [0.1, 0.15) is 0 Å². The number of hydrogen-bond donors (Lipinski definition) is 1. The van der Waals surface area contributed by atoms with Crippen LogP contribution in [0.2, 0.25) is 0 Å². The molecule has 0 saturated carbocycles. The molecule has 0 bridgehead atoms. The number of thiophene rings is 1. The Hall–Kier alpha value is -0.590. The zero-order valence-electron chi connectivity index (χ0n) is 4.85. The SMILES string of the molecule is NS(=O)(=O)Oc1cccs1. The van der Waals surface area contributed by atoms with Gasteiger partial charge in [-0.3, -0.25) is 0 Å². The van der Waals surface area contributed by atoms with Crippen LogP contribution in [0.1, 0.15) is 0 Å². The first kappa shape index (κ1) is 7.52. The van der Waals surface area contributed by atoms with Gasteiger partial charge in [0.2, 0.25) is 0 Å². The van der Waals surface area contributed by atoms with Crippen LogP contribution in [0.15, 0.2) is 17.5 Å². The Balaban J connectivity index is 2.75. The molecule has 0 saturated heterocycles. The molecule has 10 heavy (non-hydrogen) atoms. The molecule has 1 aromatic heterocycles. The Morgan fingerprint density at radius 2 is 2.30 bits per heavy atom. The molecule has 0 radical (unpaired) electrons. The first-order chi connectivity index (χ1) is 4.58. The van der Waals surface area contributed by atoms with Gasteiger partial charge in [0, 0.05) is 0 Å². The summed E-state index contributed by atoms with van der Waals surface area (Å²) in [6, 6.07) is 3.19. The number of rotatable bonds is 2. The van der Waals surface area contributed by atoms with E-state index in [1.54, 1.807) is 11.4 Å². The molecule has 0 aliphatic carbocycles. The van der Waals surface area contributed by atoms with Gasteiger partial charge in [-0.15, -0.1) is 11.3 Å². The molecule has 1 heterocycles. The maximum atomic E-state index is 10.3. The summed E-state index contributed by atoms with van der Waals surface area (Å²) in [5.41, 5.74) is 0. The van der Waals surface area contributed by atoms with Crippen molar-refractivity contribution in [3.8, 4) is 5.06 Å². The van der Waals surface area contributed by atoms with E-state index in [1.165, 1.54) is 17.4 Å². The molecule has 1 aromatic rings. The lowest BCUT2D eigenvalue weighted by Gasteiger charge is -1.95. The molecule has 1 rings (SSSR count). The Bertz CT molecular complexity index is 288. The van der Waals surface area contributed by atoms with Gasteiger partial charge in [0.25, 0.3) is 0 Å². The summed E-state index contributed by atoms with van der Waals surface area (Å²) in [4.78, 5) is 0. The highest BCUT2D eigenvalue weighted by Crippen LogP contribution is 2.18. The lowest BCUT2D eigenvalue weighted by atomic mass is 10.7. The molecule has 0 amide bonds. The number of nitrogens with two attached hydrogens (primary N) is 1. The zero-order valence-corrected chi connectivity index (χ0v) is 6.48. The van der Waals surface area contributed by atoms with Crippen LogP contribution < -0.4 is 9.32 Å². The predicted molar refractivity (Wildman–Crippen MR) is 38.1 cm³/mol. The maximum Gasteiger partial charge on any atom is 0.380 e. The van der Waals surface area contributed by atoms with Crippen LogP contribution in [0.3, 0.4) is 0 Å². The summed E-state index contributed by atoms with van der Waals surface area (Å²) in [6.45, 7) is 0. The molecule has 6 heteroatoms. The van der Waals surface area contributed by atoms with Gasteiger partial charge >= 0.3 is 10.3 Å². The highest BCUT2D eigenvalue weighted by atomic mass is 32.2. The summed E-state index contributed by atoms with van der Waals surface area (Å²) < 4.78 is 24.8. The lowest BCUT2D eigenvalue weighted by molar-refractivity contribution is 0.494. The molecule has 0 spiro atoms. The first-order valence-electron chi connectivity index (χ1n) is 2.33. The third-order valence-corrected chi connectivity index (χ3v) is 1.96. The minimum Gasteiger partial charge on any atom is -0.360 e. The minimum atomic E-state index is -3.84.